The van der Waals surface area contributed by atoms with Gasteiger partial charge in [0.15, 0.2) is 11.0 Å². The van der Waals surface area contributed by atoms with Gasteiger partial charge in [0.25, 0.3) is 0 Å². The van der Waals surface area contributed by atoms with Crippen LogP contribution >= 0.6 is 11.8 Å². The van der Waals surface area contributed by atoms with E-state index in [1.54, 1.807) is 12.1 Å². The summed E-state index contributed by atoms with van der Waals surface area (Å²) in [5.74, 6) is 0.598. The van der Waals surface area contributed by atoms with E-state index in [0.29, 0.717) is 18.2 Å². The Hall–Kier alpha value is -2.91. The Morgan fingerprint density at radius 1 is 1.21 bits per heavy atom. The second kappa shape index (κ2) is 10.8. The quantitative estimate of drug-likeness (QED) is 0.448. The normalized spacial score (nSPS) is 15.5. The number of hydrogen-bond acceptors (Lipinski definition) is 6. The van der Waals surface area contributed by atoms with Crippen LogP contribution in [0.3, 0.4) is 0 Å². The smallest absolute Gasteiger partial charge is 0.234 e. The van der Waals surface area contributed by atoms with Gasteiger partial charge in [0.2, 0.25) is 5.91 Å². The molecule has 4 rings (SSSR count). The molecule has 7 nitrogen and oxygen atoms in total. The van der Waals surface area contributed by atoms with Gasteiger partial charge in [-0.25, -0.2) is 4.39 Å². The summed E-state index contributed by atoms with van der Waals surface area (Å²) in [6, 6.07) is 12.1. The van der Waals surface area contributed by atoms with Gasteiger partial charge in [-0.3, -0.25) is 4.79 Å². The highest BCUT2D eigenvalue weighted by Crippen LogP contribution is 2.23. The Balaban J connectivity index is 1.42. The van der Waals surface area contributed by atoms with Crippen LogP contribution in [-0.2, 0) is 22.6 Å². The summed E-state index contributed by atoms with van der Waals surface area (Å²) >= 11 is 1.36. The van der Waals surface area contributed by atoms with Gasteiger partial charge in [-0.05, 0) is 68.1 Å². The zero-order valence-corrected chi connectivity index (χ0v) is 19.6. The van der Waals surface area contributed by atoms with Gasteiger partial charge >= 0.3 is 0 Å². The zero-order chi connectivity index (χ0) is 23.2. The largest absolute Gasteiger partial charge is 0.378 e. The van der Waals surface area contributed by atoms with E-state index in [4.69, 9.17) is 4.74 Å². The number of aryl methyl sites for hydroxylation is 1. The molecule has 1 atom stereocenters. The van der Waals surface area contributed by atoms with Gasteiger partial charge in [-0.15, -0.1) is 10.2 Å². The van der Waals surface area contributed by atoms with Crippen LogP contribution in [-0.4, -0.2) is 39.1 Å². The van der Waals surface area contributed by atoms with Crippen molar-refractivity contribution in [2.24, 2.45) is 0 Å². The topological polar surface area (TPSA) is 81.1 Å². The van der Waals surface area contributed by atoms with E-state index >= 15 is 0 Å². The first-order valence-corrected chi connectivity index (χ1v) is 12.0. The van der Waals surface area contributed by atoms with Gasteiger partial charge in [-0.1, -0.05) is 23.9 Å². The lowest BCUT2D eigenvalue weighted by Gasteiger charge is -2.15. The van der Waals surface area contributed by atoms with Crippen molar-refractivity contribution in [2.75, 3.05) is 23.0 Å². The van der Waals surface area contributed by atoms with Crippen molar-refractivity contribution in [1.82, 2.24) is 14.8 Å². The molecule has 1 unspecified atom stereocenters. The number of carbonyl (C=O) groups is 1. The van der Waals surface area contributed by atoms with Gasteiger partial charge < -0.3 is 19.9 Å². The molecule has 3 aromatic rings. The van der Waals surface area contributed by atoms with E-state index in [1.807, 2.05) is 36.6 Å². The van der Waals surface area contributed by atoms with Crippen molar-refractivity contribution in [3.63, 3.8) is 0 Å². The lowest BCUT2D eigenvalue weighted by molar-refractivity contribution is -0.113. The Morgan fingerprint density at radius 3 is 2.79 bits per heavy atom. The summed E-state index contributed by atoms with van der Waals surface area (Å²) in [6.07, 6.45) is 2.13. The number of anilines is 2. The minimum atomic E-state index is -0.278. The number of nitrogens with one attached hydrogen (secondary N) is 2. The van der Waals surface area contributed by atoms with Crippen molar-refractivity contribution in [3.8, 4) is 0 Å². The molecule has 1 saturated heterocycles. The van der Waals surface area contributed by atoms with Crippen molar-refractivity contribution in [2.45, 2.75) is 51.0 Å². The molecule has 1 fully saturated rings. The summed E-state index contributed by atoms with van der Waals surface area (Å²) in [7, 11) is 0. The number of thioether (sulfide) groups is 1. The van der Waals surface area contributed by atoms with Crippen LogP contribution in [0.15, 0.2) is 47.6 Å². The molecule has 174 valence electrons. The van der Waals surface area contributed by atoms with E-state index in [-0.39, 0.29) is 23.6 Å². The average Bonchev–Trinajstić information content (AvgIpc) is 3.46. The predicted octanol–water partition coefficient (Wildman–Crippen LogP) is 4.56. The lowest BCUT2D eigenvalue weighted by atomic mass is 10.1. The first-order chi connectivity index (χ1) is 16.0. The third kappa shape index (κ3) is 6.11. The lowest BCUT2D eigenvalue weighted by Crippen LogP contribution is -2.20. The fourth-order valence-corrected chi connectivity index (χ4v) is 4.45. The standard InChI is InChI=1S/C24H28FN5O2S/c1-16-5-3-7-21(17(16)2)27-23(31)15-33-24-29-28-22(30(24)14-20-6-4-12-32-20)13-26-19-10-8-18(25)9-11-19/h3,5,7-11,20,26H,4,6,12-15H2,1-2H3,(H,27,31). The molecule has 0 spiro atoms. The first kappa shape index (κ1) is 23.3. The summed E-state index contributed by atoms with van der Waals surface area (Å²) in [5.41, 5.74) is 3.82. The fraction of sp³-hybridized carbons (Fsp3) is 0.375. The second-order valence-electron chi connectivity index (χ2n) is 8.09. The van der Waals surface area contributed by atoms with Gasteiger partial charge in [0, 0.05) is 18.0 Å². The van der Waals surface area contributed by atoms with Crippen LogP contribution in [0.1, 0.15) is 29.8 Å². The molecule has 9 heteroatoms. The molecule has 0 radical (unpaired) electrons. The summed E-state index contributed by atoms with van der Waals surface area (Å²) in [5, 5.41) is 15.6. The molecule has 0 aliphatic carbocycles. The molecule has 2 heterocycles. The SMILES string of the molecule is Cc1cccc(NC(=O)CSc2nnc(CNc3ccc(F)cc3)n2CC2CCCO2)c1C. The molecule has 2 aromatic carbocycles. The minimum Gasteiger partial charge on any atom is -0.378 e. The summed E-state index contributed by atoms with van der Waals surface area (Å²) in [4.78, 5) is 12.6. The molecule has 2 N–H and O–H groups in total. The summed E-state index contributed by atoms with van der Waals surface area (Å²) < 4.78 is 21.0. The number of aromatic nitrogens is 3. The number of halogens is 1. The van der Waals surface area contributed by atoms with Crippen molar-refractivity contribution in [3.05, 3.63) is 65.2 Å². The van der Waals surface area contributed by atoms with Crippen LogP contribution < -0.4 is 10.6 Å². The average molecular weight is 470 g/mol. The van der Waals surface area contributed by atoms with Crippen LogP contribution in [0.25, 0.3) is 0 Å². The van der Waals surface area contributed by atoms with E-state index in [0.717, 1.165) is 47.8 Å². The maximum Gasteiger partial charge on any atom is 0.234 e. The van der Waals surface area contributed by atoms with Gasteiger partial charge in [-0.2, -0.15) is 0 Å². The second-order valence-corrected chi connectivity index (χ2v) is 9.03. The van der Waals surface area contributed by atoms with Crippen LogP contribution in [0.5, 0.6) is 0 Å². The minimum absolute atomic E-state index is 0.0913. The third-order valence-electron chi connectivity index (χ3n) is 5.71. The molecule has 1 aliphatic rings. The highest BCUT2D eigenvalue weighted by Gasteiger charge is 2.21. The number of carbonyl (C=O) groups excluding carboxylic acids is 1. The van der Waals surface area contributed by atoms with E-state index in [1.165, 1.54) is 23.9 Å². The van der Waals surface area contributed by atoms with Crippen molar-refractivity contribution < 1.29 is 13.9 Å². The highest BCUT2D eigenvalue weighted by molar-refractivity contribution is 7.99. The zero-order valence-electron chi connectivity index (χ0n) is 18.8. The molecule has 0 bridgehead atoms. The molecule has 33 heavy (non-hydrogen) atoms. The van der Waals surface area contributed by atoms with Crippen molar-refractivity contribution >= 4 is 29.0 Å². The van der Waals surface area contributed by atoms with Gasteiger partial charge in [0.1, 0.15) is 5.82 Å². The van der Waals surface area contributed by atoms with Crippen LogP contribution in [0.2, 0.25) is 0 Å². The summed E-state index contributed by atoms with van der Waals surface area (Å²) in [6.45, 7) is 5.84. The van der Waals surface area contributed by atoms with Crippen LogP contribution in [0, 0.1) is 19.7 Å². The number of hydrogen-bond donors (Lipinski definition) is 2. The molecule has 1 aromatic heterocycles. The molecular weight excluding hydrogens is 441 g/mol. The molecule has 1 aliphatic heterocycles. The maximum absolute atomic E-state index is 13.2. The molecule has 0 saturated carbocycles. The van der Waals surface area contributed by atoms with Crippen molar-refractivity contribution in [1.29, 1.82) is 0 Å². The number of nitrogens with zero attached hydrogens (tertiary/aromatic N) is 3. The Kier molecular flexibility index (Phi) is 7.61. The number of amides is 1. The Bertz CT molecular complexity index is 1100. The van der Waals surface area contributed by atoms with Crippen LogP contribution in [0.4, 0.5) is 15.8 Å². The number of benzene rings is 2. The Labute approximate surface area is 197 Å². The van der Waals surface area contributed by atoms with E-state index in [2.05, 4.69) is 20.8 Å². The highest BCUT2D eigenvalue weighted by atomic mass is 32.2. The van der Waals surface area contributed by atoms with E-state index in [9.17, 15) is 9.18 Å². The number of rotatable bonds is 9. The van der Waals surface area contributed by atoms with Gasteiger partial charge in [0.05, 0.1) is 24.9 Å². The molecule has 1 amide bonds. The Morgan fingerprint density at radius 2 is 2.03 bits per heavy atom. The third-order valence-corrected chi connectivity index (χ3v) is 6.68. The fourth-order valence-electron chi connectivity index (χ4n) is 3.68. The van der Waals surface area contributed by atoms with E-state index < -0.39 is 0 Å². The number of ether oxygens (including phenoxy) is 1. The molecular formula is C24H28FN5O2S. The maximum atomic E-state index is 13.2. The predicted molar refractivity (Wildman–Crippen MR) is 128 cm³/mol. The monoisotopic (exact) mass is 469 g/mol. The first-order valence-electron chi connectivity index (χ1n) is 11.0.